The average Bonchev–Trinajstić information content (AvgIpc) is 2.47. The minimum atomic E-state index is -0.411. The molecule has 0 saturated carbocycles. The Balaban J connectivity index is 2.41. The lowest BCUT2D eigenvalue weighted by Crippen LogP contribution is -2.46. The van der Waals surface area contributed by atoms with Crippen LogP contribution in [0.25, 0.3) is 0 Å². The van der Waals surface area contributed by atoms with Gasteiger partial charge in [0, 0.05) is 26.7 Å². The Morgan fingerprint density at radius 3 is 2.55 bits per heavy atom. The van der Waals surface area contributed by atoms with Crippen LogP contribution in [0.4, 0.5) is 11.5 Å². The van der Waals surface area contributed by atoms with E-state index >= 15 is 0 Å². The summed E-state index contributed by atoms with van der Waals surface area (Å²) in [5.41, 5.74) is 8.46. The van der Waals surface area contributed by atoms with E-state index in [1.807, 2.05) is 11.9 Å². The van der Waals surface area contributed by atoms with Gasteiger partial charge in [0.25, 0.3) is 5.56 Å². The van der Waals surface area contributed by atoms with Crippen molar-refractivity contribution in [1.29, 1.82) is 0 Å². The van der Waals surface area contributed by atoms with E-state index in [0.717, 1.165) is 11.0 Å². The van der Waals surface area contributed by atoms with Crippen molar-refractivity contribution in [3.8, 4) is 0 Å². The first-order valence-corrected chi connectivity index (χ1v) is 6.75. The monoisotopic (exact) mass is 283 g/mol. The molecule has 0 spiro atoms. The molecule has 0 atom stereocenters. The molecule has 0 aromatic carbocycles. The predicted molar refractivity (Wildman–Crippen MR) is 76.7 cm³/mol. The van der Waals surface area contributed by atoms with Crippen molar-refractivity contribution in [2.75, 3.05) is 37.5 Å². The third-order valence-corrected chi connectivity index (χ3v) is 3.31. The van der Waals surface area contributed by atoms with Crippen LogP contribution >= 0.6 is 0 Å². The van der Waals surface area contributed by atoms with Crippen LogP contribution in [0.5, 0.6) is 0 Å². The van der Waals surface area contributed by atoms with Crippen molar-refractivity contribution in [2.24, 2.45) is 7.05 Å². The summed E-state index contributed by atoms with van der Waals surface area (Å²) < 4.78 is 7.75. The zero-order valence-corrected chi connectivity index (χ0v) is 11.9. The lowest BCUT2D eigenvalue weighted by atomic mass is 10.4. The van der Waals surface area contributed by atoms with E-state index in [4.69, 9.17) is 10.5 Å². The number of anilines is 2. The molecule has 1 aliphatic heterocycles. The maximum atomic E-state index is 12.2. The molecule has 0 radical (unpaired) electrons. The Morgan fingerprint density at radius 1 is 1.30 bits per heavy atom. The van der Waals surface area contributed by atoms with E-state index in [0.29, 0.717) is 32.8 Å². The van der Waals surface area contributed by atoms with Gasteiger partial charge in [-0.05, 0) is 6.42 Å². The molecule has 0 amide bonds. The molecule has 0 unspecified atom stereocenters. The molecule has 1 fully saturated rings. The molecular weight excluding hydrogens is 262 g/mol. The minimum Gasteiger partial charge on any atom is -0.383 e. The van der Waals surface area contributed by atoms with Gasteiger partial charge in [-0.15, -0.1) is 0 Å². The number of nitrogens with two attached hydrogens (primary N) is 1. The van der Waals surface area contributed by atoms with Crippen molar-refractivity contribution < 1.29 is 4.74 Å². The molecule has 0 bridgehead atoms. The van der Waals surface area contributed by atoms with Crippen molar-refractivity contribution in [1.82, 2.24) is 14.1 Å². The molecule has 8 heteroatoms. The van der Waals surface area contributed by atoms with Gasteiger partial charge in [0.05, 0.1) is 13.2 Å². The number of hydrogen-bond acceptors (Lipinski definition) is 6. The second-order valence-electron chi connectivity index (χ2n) is 4.77. The van der Waals surface area contributed by atoms with Gasteiger partial charge in [-0.1, -0.05) is 6.92 Å². The zero-order chi connectivity index (χ0) is 14.7. The number of ether oxygens (including phenoxy) is 1. The van der Waals surface area contributed by atoms with E-state index < -0.39 is 5.56 Å². The van der Waals surface area contributed by atoms with Crippen LogP contribution in [0.1, 0.15) is 13.3 Å². The Hall–Kier alpha value is -1.80. The standard InChI is InChI=1S/C12H21N5O3/c1-3-4-17-10(13)9(11(18)15(2)12(17)19)14-16-5-7-20-8-6-16/h14H,3-8,13H2,1-2H3. The van der Waals surface area contributed by atoms with Crippen molar-refractivity contribution in [3.63, 3.8) is 0 Å². The maximum Gasteiger partial charge on any atom is 0.332 e. The van der Waals surface area contributed by atoms with Crippen LogP contribution in [0.15, 0.2) is 9.59 Å². The molecule has 112 valence electrons. The number of hydrazine groups is 1. The first-order chi connectivity index (χ1) is 9.56. The fourth-order valence-electron chi connectivity index (χ4n) is 2.16. The van der Waals surface area contributed by atoms with Crippen LogP contribution in [0.2, 0.25) is 0 Å². The van der Waals surface area contributed by atoms with Crippen LogP contribution in [-0.4, -0.2) is 40.4 Å². The molecule has 8 nitrogen and oxygen atoms in total. The highest BCUT2D eigenvalue weighted by molar-refractivity contribution is 5.60. The third-order valence-electron chi connectivity index (χ3n) is 3.31. The lowest BCUT2D eigenvalue weighted by molar-refractivity contribution is 0.0496. The fourth-order valence-corrected chi connectivity index (χ4v) is 2.16. The van der Waals surface area contributed by atoms with Crippen LogP contribution < -0.4 is 22.4 Å². The summed E-state index contributed by atoms with van der Waals surface area (Å²) in [6.07, 6.45) is 0.763. The number of nitrogens with zero attached hydrogens (tertiary/aromatic N) is 3. The van der Waals surface area contributed by atoms with E-state index in [2.05, 4.69) is 5.43 Å². The normalized spacial score (nSPS) is 16.3. The van der Waals surface area contributed by atoms with E-state index in [1.54, 1.807) is 0 Å². The van der Waals surface area contributed by atoms with Gasteiger partial charge in [-0.3, -0.25) is 13.9 Å². The summed E-state index contributed by atoms with van der Waals surface area (Å²) in [6, 6.07) is 0. The molecule has 1 aliphatic rings. The highest BCUT2D eigenvalue weighted by atomic mass is 16.5. The average molecular weight is 283 g/mol. The van der Waals surface area contributed by atoms with Crippen LogP contribution in [0.3, 0.4) is 0 Å². The molecule has 0 aliphatic carbocycles. The predicted octanol–water partition coefficient (Wildman–Crippen LogP) is -0.802. The Kier molecular flexibility index (Phi) is 4.46. The van der Waals surface area contributed by atoms with Gasteiger partial charge < -0.3 is 15.9 Å². The quantitative estimate of drug-likeness (QED) is 0.751. The zero-order valence-electron chi connectivity index (χ0n) is 11.9. The van der Waals surface area contributed by atoms with Gasteiger partial charge >= 0.3 is 5.69 Å². The van der Waals surface area contributed by atoms with Gasteiger partial charge in [0.2, 0.25) is 0 Å². The van der Waals surface area contributed by atoms with Crippen molar-refractivity contribution >= 4 is 11.5 Å². The van der Waals surface area contributed by atoms with E-state index in [9.17, 15) is 9.59 Å². The maximum absolute atomic E-state index is 12.2. The summed E-state index contributed by atoms with van der Waals surface area (Å²) >= 11 is 0. The Morgan fingerprint density at radius 2 is 1.95 bits per heavy atom. The molecule has 1 saturated heterocycles. The number of rotatable bonds is 4. The largest absolute Gasteiger partial charge is 0.383 e. The summed E-state index contributed by atoms with van der Waals surface area (Å²) in [5, 5.41) is 1.87. The van der Waals surface area contributed by atoms with Gasteiger partial charge in [0.1, 0.15) is 5.82 Å². The number of morpholine rings is 1. The number of aromatic nitrogens is 2. The molecular formula is C12H21N5O3. The van der Waals surface area contributed by atoms with Crippen molar-refractivity contribution in [3.05, 3.63) is 20.8 Å². The van der Waals surface area contributed by atoms with E-state index in [-0.39, 0.29) is 17.2 Å². The molecule has 2 rings (SSSR count). The second-order valence-corrected chi connectivity index (χ2v) is 4.77. The Labute approximate surface area is 116 Å². The minimum absolute atomic E-state index is 0.187. The van der Waals surface area contributed by atoms with Gasteiger partial charge in [-0.2, -0.15) is 0 Å². The fraction of sp³-hybridized carbons (Fsp3) is 0.667. The van der Waals surface area contributed by atoms with Crippen LogP contribution in [-0.2, 0) is 18.3 Å². The molecule has 3 N–H and O–H groups in total. The molecule has 20 heavy (non-hydrogen) atoms. The van der Waals surface area contributed by atoms with Crippen LogP contribution in [0, 0.1) is 0 Å². The second kappa shape index (κ2) is 6.10. The first kappa shape index (κ1) is 14.6. The summed E-state index contributed by atoms with van der Waals surface area (Å²) in [6.45, 7) is 4.96. The Bertz CT molecular complexity index is 586. The lowest BCUT2D eigenvalue weighted by Gasteiger charge is -2.28. The summed E-state index contributed by atoms with van der Waals surface area (Å²) in [4.78, 5) is 24.2. The van der Waals surface area contributed by atoms with E-state index in [1.165, 1.54) is 11.6 Å². The third kappa shape index (κ3) is 2.70. The first-order valence-electron chi connectivity index (χ1n) is 6.75. The molecule has 2 heterocycles. The summed E-state index contributed by atoms with van der Waals surface area (Å²) in [7, 11) is 1.46. The number of nitrogens with one attached hydrogen (secondary N) is 1. The highest BCUT2D eigenvalue weighted by Crippen LogP contribution is 2.12. The number of nitrogen functional groups attached to an aromatic ring is 1. The molecule has 1 aromatic heterocycles. The smallest absolute Gasteiger partial charge is 0.332 e. The topological polar surface area (TPSA) is 94.5 Å². The number of hydrogen-bond donors (Lipinski definition) is 2. The summed E-state index contributed by atoms with van der Waals surface area (Å²) in [5.74, 6) is 0.187. The SMILES string of the molecule is CCCn1c(N)c(NN2CCOCC2)c(=O)n(C)c1=O. The van der Waals surface area contributed by atoms with Crippen molar-refractivity contribution in [2.45, 2.75) is 19.9 Å². The molecule has 1 aromatic rings. The highest BCUT2D eigenvalue weighted by Gasteiger charge is 2.18. The van der Waals surface area contributed by atoms with Gasteiger partial charge in [-0.25, -0.2) is 9.80 Å². The van der Waals surface area contributed by atoms with Gasteiger partial charge in [0.15, 0.2) is 5.69 Å².